The molecule has 6 nitrogen and oxygen atoms in total. The molecule has 3 rings (SSSR count). The summed E-state index contributed by atoms with van der Waals surface area (Å²) in [6.45, 7) is 3.55. The summed E-state index contributed by atoms with van der Waals surface area (Å²) in [5.74, 6) is -2.00. The molecule has 1 heterocycles. The first-order valence-corrected chi connectivity index (χ1v) is 7.98. The number of amides is 3. The van der Waals surface area contributed by atoms with Crippen LogP contribution in [0.25, 0.3) is 0 Å². The zero-order valence-corrected chi connectivity index (χ0v) is 14.2. The average Bonchev–Trinajstić information content (AvgIpc) is 2.87. The summed E-state index contributed by atoms with van der Waals surface area (Å²) in [6.07, 6.45) is -3.39. The lowest BCUT2D eigenvalue weighted by Crippen LogP contribution is -2.29. The van der Waals surface area contributed by atoms with E-state index in [2.05, 4.69) is 16.6 Å². The van der Waals surface area contributed by atoms with Crippen molar-refractivity contribution in [3.63, 3.8) is 0 Å². The minimum Gasteiger partial charge on any atom is -0.406 e. The van der Waals surface area contributed by atoms with Crippen LogP contribution in [0.1, 0.15) is 31.1 Å². The Labute approximate surface area is 157 Å². The molecule has 0 fully saturated rings. The minimum atomic E-state index is -4.81. The van der Waals surface area contributed by atoms with E-state index in [1.54, 1.807) is 0 Å². The largest absolute Gasteiger partial charge is 0.573 e. The number of hydrogen-bond donors (Lipinski definition) is 1. The predicted octanol–water partition coefficient (Wildman–Crippen LogP) is 3.62. The second-order valence-corrected chi connectivity index (χ2v) is 5.80. The summed E-state index contributed by atoms with van der Waals surface area (Å²) in [7, 11) is 0. The fourth-order valence-electron chi connectivity index (χ4n) is 2.67. The van der Waals surface area contributed by atoms with E-state index in [1.165, 1.54) is 36.4 Å². The summed E-state index contributed by atoms with van der Waals surface area (Å²) in [6, 6.07) is 8.67. The smallest absolute Gasteiger partial charge is 0.406 e. The molecule has 9 heteroatoms. The Morgan fingerprint density at radius 2 is 1.71 bits per heavy atom. The van der Waals surface area contributed by atoms with Gasteiger partial charge in [-0.25, -0.2) is 0 Å². The van der Waals surface area contributed by atoms with Crippen LogP contribution < -0.4 is 10.1 Å². The summed E-state index contributed by atoms with van der Waals surface area (Å²) in [5, 5.41) is 2.50. The van der Waals surface area contributed by atoms with Gasteiger partial charge in [-0.05, 0) is 42.5 Å². The third-order valence-electron chi connectivity index (χ3n) is 3.89. The number of nitrogens with one attached hydrogen (secondary N) is 1. The highest BCUT2D eigenvalue weighted by Gasteiger charge is 2.35. The molecule has 0 aliphatic carbocycles. The third kappa shape index (κ3) is 3.88. The summed E-state index contributed by atoms with van der Waals surface area (Å²) in [5.41, 5.74) is 0.650. The molecular weight excluding hydrogens is 377 g/mol. The van der Waals surface area contributed by atoms with Gasteiger partial charge in [-0.3, -0.25) is 19.3 Å². The molecular formula is C19H13F3N2O4. The van der Waals surface area contributed by atoms with Crippen LogP contribution in [0.2, 0.25) is 0 Å². The van der Waals surface area contributed by atoms with Crippen molar-refractivity contribution >= 4 is 23.4 Å². The molecule has 1 aliphatic heterocycles. The Kier molecular flexibility index (Phi) is 4.91. The number of anilines is 1. The van der Waals surface area contributed by atoms with Crippen molar-refractivity contribution in [2.75, 3.05) is 11.9 Å². The van der Waals surface area contributed by atoms with E-state index < -0.39 is 29.8 Å². The van der Waals surface area contributed by atoms with Gasteiger partial charge in [-0.2, -0.15) is 0 Å². The molecule has 1 aliphatic rings. The lowest BCUT2D eigenvalue weighted by atomic mass is 10.1. The van der Waals surface area contributed by atoms with E-state index >= 15 is 0 Å². The number of carbonyl (C=O) groups excluding carboxylic acids is 3. The Morgan fingerprint density at radius 1 is 1.07 bits per heavy atom. The van der Waals surface area contributed by atoms with Crippen molar-refractivity contribution < 1.29 is 32.3 Å². The van der Waals surface area contributed by atoms with Gasteiger partial charge in [0.2, 0.25) is 0 Å². The van der Waals surface area contributed by atoms with E-state index in [1.807, 2.05) is 0 Å². The lowest BCUT2D eigenvalue weighted by molar-refractivity contribution is -0.274. The van der Waals surface area contributed by atoms with Gasteiger partial charge < -0.3 is 10.1 Å². The first kappa shape index (κ1) is 19.2. The molecule has 1 N–H and O–H groups in total. The number of halogens is 3. The summed E-state index contributed by atoms with van der Waals surface area (Å²) < 4.78 is 40.3. The second-order valence-electron chi connectivity index (χ2n) is 5.80. The van der Waals surface area contributed by atoms with Crippen molar-refractivity contribution in [1.29, 1.82) is 0 Å². The highest BCUT2D eigenvalue weighted by molar-refractivity contribution is 6.22. The highest BCUT2D eigenvalue weighted by Crippen LogP contribution is 2.26. The number of rotatable bonds is 5. The van der Waals surface area contributed by atoms with E-state index in [9.17, 15) is 27.6 Å². The molecule has 2 aromatic rings. The van der Waals surface area contributed by atoms with Gasteiger partial charge >= 0.3 is 6.36 Å². The fourth-order valence-corrected chi connectivity index (χ4v) is 2.67. The van der Waals surface area contributed by atoms with Crippen LogP contribution in [0.3, 0.4) is 0 Å². The van der Waals surface area contributed by atoms with Crippen LogP contribution in [0, 0.1) is 0 Å². The van der Waals surface area contributed by atoms with Crippen LogP contribution in [-0.2, 0) is 0 Å². The molecule has 0 atom stereocenters. The number of hydrogen-bond acceptors (Lipinski definition) is 4. The number of imide groups is 1. The van der Waals surface area contributed by atoms with Gasteiger partial charge in [-0.1, -0.05) is 6.08 Å². The molecule has 2 aromatic carbocycles. The van der Waals surface area contributed by atoms with Crippen molar-refractivity contribution in [2.24, 2.45) is 0 Å². The fraction of sp³-hybridized carbons (Fsp3) is 0.105. The zero-order chi connectivity index (χ0) is 20.5. The lowest BCUT2D eigenvalue weighted by Gasteiger charge is -2.10. The van der Waals surface area contributed by atoms with Gasteiger partial charge in [0.05, 0.1) is 11.1 Å². The molecule has 3 amide bonds. The maximum Gasteiger partial charge on any atom is 0.573 e. The predicted molar refractivity (Wildman–Crippen MR) is 93.1 cm³/mol. The number of alkyl halides is 3. The third-order valence-corrected chi connectivity index (χ3v) is 3.89. The molecule has 28 heavy (non-hydrogen) atoms. The average molecular weight is 390 g/mol. The maximum atomic E-state index is 12.4. The molecule has 0 saturated heterocycles. The normalized spacial score (nSPS) is 13.3. The second kappa shape index (κ2) is 7.18. The molecule has 0 aromatic heterocycles. The molecule has 0 radical (unpaired) electrons. The highest BCUT2D eigenvalue weighted by atomic mass is 19.4. The van der Waals surface area contributed by atoms with Gasteiger partial charge in [0.25, 0.3) is 17.7 Å². The van der Waals surface area contributed by atoms with Crippen molar-refractivity contribution in [1.82, 2.24) is 4.90 Å². The number of benzene rings is 2. The number of ether oxygens (including phenoxy) is 1. The van der Waals surface area contributed by atoms with Crippen LogP contribution in [0.4, 0.5) is 18.9 Å². The maximum absolute atomic E-state index is 12.4. The Balaban J connectivity index is 1.75. The number of carbonyl (C=O) groups is 3. The van der Waals surface area contributed by atoms with Crippen LogP contribution >= 0.6 is 0 Å². The van der Waals surface area contributed by atoms with E-state index in [-0.39, 0.29) is 28.9 Å². The molecule has 144 valence electrons. The van der Waals surface area contributed by atoms with Crippen molar-refractivity contribution in [2.45, 2.75) is 6.36 Å². The van der Waals surface area contributed by atoms with Crippen molar-refractivity contribution in [3.05, 3.63) is 71.8 Å². The molecule has 0 saturated carbocycles. The SMILES string of the molecule is C=CCN1C(=O)c2ccc(C(=O)Nc3ccc(OC(F)(F)F)cc3)cc2C1=O. The van der Waals surface area contributed by atoms with E-state index in [0.717, 1.165) is 17.0 Å². The standard InChI is InChI=1S/C19H13F3N2O4/c1-2-9-24-17(26)14-8-3-11(10-15(14)18(24)27)16(25)23-12-4-6-13(7-5-12)28-19(20,21)22/h2-8,10H,1,9H2,(H,23,25). The van der Waals surface area contributed by atoms with Gasteiger partial charge in [-0.15, -0.1) is 19.8 Å². The topological polar surface area (TPSA) is 75.7 Å². The molecule has 0 spiro atoms. The zero-order valence-electron chi connectivity index (χ0n) is 14.2. The quantitative estimate of drug-likeness (QED) is 0.625. The monoisotopic (exact) mass is 390 g/mol. The van der Waals surface area contributed by atoms with Crippen molar-refractivity contribution in [3.8, 4) is 5.75 Å². The number of fused-ring (bicyclic) bond motifs is 1. The van der Waals surface area contributed by atoms with Crippen LogP contribution in [0.5, 0.6) is 5.75 Å². The molecule has 0 unspecified atom stereocenters. The van der Waals surface area contributed by atoms with Gasteiger partial charge in [0.15, 0.2) is 0 Å². The first-order valence-electron chi connectivity index (χ1n) is 7.98. The van der Waals surface area contributed by atoms with E-state index in [0.29, 0.717) is 0 Å². The summed E-state index contributed by atoms with van der Waals surface area (Å²) in [4.78, 5) is 37.9. The Bertz CT molecular complexity index is 968. The Morgan fingerprint density at radius 3 is 2.32 bits per heavy atom. The minimum absolute atomic E-state index is 0.0558. The van der Waals surface area contributed by atoms with Gasteiger partial charge in [0, 0.05) is 17.8 Å². The summed E-state index contributed by atoms with van der Waals surface area (Å²) >= 11 is 0. The van der Waals surface area contributed by atoms with Gasteiger partial charge in [0.1, 0.15) is 5.75 Å². The first-order chi connectivity index (χ1) is 13.2. The molecule has 0 bridgehead atoms. The Hall–Kier alpha value is -3.62. The van der Waals surface area contributed by atoms with E-state index in [4.69, 9.17) is 0 Å². The van der Waals surface area contributed by atoms with Crippen LogP contribution in [-0.4, -0.2) is 35.5 Å². The number of nitrogens with zero attached hydrogens (tertiary/aromatic N) is 1. The van der Waals surface area contributed by atoms with Crippen LogP contribution in [0.15, 0.2) is 55.1 Å².